The number of benzene rings is 1. The summed E-state index contributed by atoms with van der Waals surface area (Å²) >= 11 is 0. The van der Waals surface area contributed by atoms with E-state index in [0.717, 1.165) is 32.1 Å². The molecule has 1 aromatic carbocycles. The van der Waals surface area contributed by atoms with Gasteiger partial charge in [-0.05, 0) is 37.1 Å². The number of carbonyl (C=O) groups excluding carboxylic acids is 1. The number of rotatable bonds is 7. The lowest BCUT2D eigenvalue weighted by Gasteiger charge is -2.30. The van der Waals surface area contributed by atoms with Crippen molar-refractivity contribution in [2.24, 2.45) is 0 Å². The maximum absolute atomic E-state index is 12.7. The van der Waals surface area contributed by atoms with Gasteiger partial charge >= 0.3 is 5.97 Å². The number of nitrogens with zero attached hydrogens (tertiary/aromatic N) is 1. The van der Waals surface area contributed by atoms with Gasteiger partial charge in [0.1, 0.15) is 0 Å². The van der Waals surface area contributed by atoms with Crippen molar-refractivity contribution in [1.29, 1.82) is 0 Å². The first-order valence-electron chi connectivity index (χ1n) is 8.40. The van der Waals surface area contributed by atoms with Gasteiger partial charge in [-0.25, -0.2) is 8.42 Å². The SMILES string of the molecule is CN(C1CCCCC1)S(=O)(=O)c1ccc(C(=O)NCCC(=O)O)cc1. The summed E-state index contributed by atoms with van der Waals surface area (Å²) < 4.78 is 26.9. The number of carboxylic acids is 1. The number of hydrogen-bond acceptors (Lipinski definition) is 4. The van der Waals surface area contributed by atoms with Gasteiger partial charge in [0.2, 0.25) is 10.0 Å². The monoisotopic (exact) mass is 368 g/mol. The quantitative estimate of drug-likeness (QED) is 0.764. The Bertz CT molecular complexity index is 709. The van der Waals surface area contributed by atoms with Crippen LogP contribution in [0.2, 0.25) is 0 Å². The fourth-order valence-electron chi connectivity index (χ4n) is 2.97. The van der Waals surface area contributed by atoms with Gasteiger partial charge in [-0.1, -0.05) is 19.3 Å². The Balaban J connectivity index is 2.04. The predicted molar refractivity (Wildman–Crippen MR) is 92.8 cm³/mol. The van der Waals surface area contributed by atoms with E-state index < -0.39 is 21.9 Å². The van der Waals surface area contributed by atoms with Crippen LogP contribution in [0.5, 0.6) is 0 Å². The van der Waals surface area contributed by atoms with Crippen molar-refractivity contribution in [3.05, 3.63) is 29.8 Å². The number of carboxylic acid groups (broad SMARTS) is 1. The topological polar surface area (TPSA) is 104 Å². The van der Waals surface area contributed by atoms with Gasteiger partial charge in [0, 0.05) is 25.2 Å². The summed E-state index contributed by atoms with van der Waals surface area (Å²) in [7, 11) is -1.98. The van der Waals surface area contributed by atoms with E-state index in [1.807, 2.05) is 0 Å². The lowest BCUT2D eigenvalue weighted by Crippen LogP contribution is -2.38. The molecule has 0 atom stereocenters. The summed E-state index contributed by atoms with van der Waals surface area (Å²) in [5.74, 6) is -1.42. The fraction of sp³-hybridized carbons (Fsp3) is 0.529. The van der Waals surface area contributed by atoms with Crippen molar-refractivity contribution in [2.45, 2.75) is 49.5 Å². The molecule has 1 amide bonds. The molecule has 0 unspecified atom stereocenters. The molecule has 7 nitrogen and oxygen atoms in total. The van der Waals surface area contributed by atoms with Gasteiger partial charge in [-0.3, -0.25) is 9.59 Å². The van der Waals surface area contributed by atoms with Crippen LogP contribution < -0.4 is 5.32 Å². The molecule has 0 radical (unpaired) electrons. The highest BCUT2D eigenvalue weighted by Gasteiger charge is 2.29. The zero-order valence-electron chi connectivity index (χ0n) is 14.3. The molecule has 0 aliphatic heterocycles. The Labute approximate surface area is 148 Å². The molecule has 2 rings (SSSR count). The van der Waals surface area contributed by atoms with Crippen molar-refractivity contribution in [3.8, 4) is 0 Å². The molecule has 2 N–H and O–H groups in total. The summed E-state index contributed by atoms with van der Waals surface area (Å²) in [6.45, 7) is 0.0264. The van der Waals surface area contributed by atoms with E-state index in [4.69, 9.17) is 5.11 Å². The summed E-state index contributed by atoms with van der Waals surface area (Å²) in [5, 5.41) is 11.0. The lowest BCUT2D eigenvalue weighted by molar-refractivity contribution is -0.136. The van der Waals surface area contributed by atoms with Crippen molar-refractivity contribution >= 4 is 21.9 Å². The molecule has 1 fully saturated rings. The number of nitrogens with one attached hydrogen (secondary N) is 1. The Morgan fingerprint density at radius 1 is 1.16 bits per heavy atom. The van der Waals surface area contributed by atoms with E-state index >= 15 is 0 Å². The second kappa shape index (κ2) is 8.44. The number of amides is 1. The molecule has 1 saturated carbocycles. The third-order valence-electron chi connectivity index (χ3n) is 4.51. The first-order chi connectivity index (χ1) is 11.8. The fourth-order valence-corrected chi connectivity index (χ4v) is 4.39. The van der Waals surface area contributed by atoms with Gasteiger partial charge in [-0.15, -0.1) is 0 Å². The molecule has 1 aliphatic rings. The Kier molecular flexibility index (Phi) is 6.55. The number of hydrogen-bond donors (Lipinski definition) is 2. The van der Waals surface area contributed by atoms with E-state index in [2.05, 4.69) is 5.32 Å². The molecule has 1 aliphatic carbocycles. The van der Waals surface area contributed by atoms with Crippen molar-refractivity contribution in [1.82, 2.24) is 9.62 Å². The van der Waals surface area contributed by atoms with Crippen LogP contribution >= 0.6 is 0 Å². The van der Waals surface area contributed by atoms with E-state index in [-0.39, 0.29) is 23.9 Å². The predicted octanol–water partition coefficient (Wildman–Crippen LogP) is 1.84. The van der Waals surface area contributed by atoms with Gasteiger partial charge in [0.15, 0.2) is 0 Å². The molecule has 1 aromatic rings. The standard InChI is InChI=1S/C17H24N2O5S/c1-19(14-5-3-2-4-6-14)25(23,24)15-9-7-13(8-10-15)17(22)18-12-11-16(20)21/h7-10,14H,2-6,11-12H2,1H3,(H,18,22)(H,20,21). The van der Waals surface area contributed by atoms with Gasteiger partial charge in [0.05, 0.1) is 11.3 Å². The molecule has 138 valence electrons. The van der Waals surface area contributed by atoms with Gasteiger partial charge in [0.25, 0.3) is 5.91 Å². The van der Waals surface area contributed by atoms with Crippen LogP contribution in [-0.2, 0) is 14.8 Å². The normalized spacial score (nSPS) is 15.9. The maximum Gasteiger partial charge on any atom is 0.305 e. The summed E-state index contributed by atoms with van der Waals surface area (Å²) in [5.41, 5.74) is 0.296. The zero-order valence-corrected chi connectivity index (χ0v) is 15.1. The van der Waals surface area contributed by atoms with Crippen LogP contribution in [0.25, 0.3) is 0 Å². The van der Waals surface area contributed by atoms with E-state index in [0.29, 0.717) is 5.56 Å². The van der Waals surface area contributed by atoms with E-state index in [9.17, 15) is 18.0 Å². The highest BCUT2D eigenvalue weighted by molar-refractivity contribution is 7.89. The summed E-state index contributed by atoms with van der Waals surface area (Å²) in [4.78, 5) is 22.5. The molecule has 25 heavy (non-hydrogen) atoms. The largest absolute Gasteiger partial charge is 0.481 e. The minimum Gasteiger partial charge on any atom is -0.481 e. The Morgan fingerprint density at radius 2 is 1.76 bits per heavy atom. The second-order valence-electron chi connectivity index (χ2n) is 6.24. The second-order valence-corrected chi connectivity index (χ2v) is 8.23. The molecule has 0 saturated heterocycles. The summed E-state index contributed by atoms with van der Waals surface area (Å²) in [6, 6.07) is 5.74. The molecule has 8 heteroatoms. The first kappa shape index (κ1) is 19.4. The van der Waals surface area contributed by atoms with Crippen molar-refractivity contribution < 1.29 is 23.1 Å². The molecular formula is C17H24N2O5S. The minimum atomic E-state index is -3.59. The van der Waals surface area contributed by atoms with Gasteiger partial charge in [-0.2, -0.15) is 4.31 Å². The molecule has 0 heterocycles. The maximum atomic E-state index is 12.7. The minimum absolute atomic E-state index is 0.0257. The smallest absolute Gasteiger partial charge is 0.305 e. The average Bonchev–Trinajstić information content (AvgIpc) is 2.61. The lowest BCUT2D eigenvalue weighted by atomic mass is 9.96. The van der Waals surface area contributed by atoms with Crippen molar-refractivity contribution in [3.63, 3.8) is 0 Å². The third kappa shape index (κ3) is 5.02. The van der Waals surface area contributed by atoms with Crippen LogP contribution in [-0.4, -0.2) is 49.3 Å². The van der Waals surface area contributed by atoms with Crippen molar-refractivity contribution in [2.75, 3.05) is 13.6 Å². The van der Waals surface area contributed by atoms with Crippen LogP contribution in [0.3, 0.4) is 0 Å². The van der Waals surface area contributed by atoms with Crippen LogP contribution in [0.4, 0.5) is 0 Å². The highest BCUT2D eigenvalue weighted by atomic mass is 32.2. The molecular weight excluding hydrogens is 344 g/mol. The van der Waals surface area contributed by atoms with Gasteiger partial charge < -0.3 is 10.4 Å². The Morgan fingerprint density at radius 3 is 2.32 bits per heavy atom. The molecule has 0 bridgehead atoms. The number of carbonyl (C=O) groups is 2. The molecule has 0 spiro atoms. The summed E-state index contributed by atoms with van der Waals surface area (Å²) in [6.07, 6.45) is 4.82. The first-order valence-corrected chi connectivity index (χ1v) is 9.84. The number of aliphatic carboxylic acids is 1. The van der Waals surface area contributed by atoms with Crippen LogP contribution in [0.1, 0.15) is 48.9 Å². The Hall–Kier alpha value is -1.93. The molecule has 0 aromatic heterocycles. The van der Waals surface area contributed by atoms with E-state index in [1.54, 1.807) is 7.05 Å². The van der Waals surface area contributed by atoms with E-state index in [1.165, 1.54) is 28.6 Å². The van der Waals surface area contributed by atoms with Crippen LogP contribution in [0, 0.1) is 0 Å². The third-order valence-corrected chi connectivity index (χ3v) is 6.43. The number of sulfonamides is 1. The zero-order chi connectivity index (χ0) is 18.4. The highest BCUT2D eigenvalue weighted by Crippen LogP contribution is 2.26. The average molecular weight is 368 g/mol. The van der Waals surface area contributed by atoms with Crippen LogP contribution in [0.15, 0.2) is 29.2 Å².